The van der Waals surface area contributed by atoms with Crippen molar-refractivity contribution in [2.45, 2.75) is 78.0 Å². The van der Waals surface area contributed by atoms with Gasteiger partial charge in [0.2, 0.25) is 0 Å². The van der Waals surface area contributed by atoms with Gasteiger partial charge in [-0.25, -0.2) is 9.59 Å². The summed E-state index contributed by atoms with van der Waals surface area (Å²) in [7, 11) is 0. The zero-order valence-electron chi connectivity index (χ0n) is 17.6. The molecule has 2 heterocycles. The van der Waals surface area contributed by atoms with Gasteiger partial charge in [0.05, 0.1) is 13.2 Å². The molecular formula is C19H35ClN2O6. The van der Waals surface area contributed by atoms with Gasteiger partial charge in [-0.2, -0.15) is 0 Å². The van der Waals surface area contributed by atoms with E-state index >= 15 is 0 Å². The quantitative estimate of drug-likeness (QED) is 0.549. The maximum absolute atomic E-state index is 11.9. The van der Waals surface area contributed by atoms with Gasteiger partial charge in [0.1, 0.15) is 17.7 Å². The SMILES string of the molecule is CCOC(=O)[C@@H]1CCCN1.CCOC(=O)[C@@H]1CCCN1C(=O)OC(C)(C)C.Cl. The van der Waals surface area contributed by atoms with Crippen LogP contribution in [0.25, 0.3) is 0 Å². The van der Waals surface area contributed by atoms with E-state index in [-0.39, 0.29) is 30.4 Å². The summed E-state index contributed by atoms with van der Waals surface area (Å²) in [5, 5.41) is 3.07. The lowest BCUT2D eigenvalue weighted by molar-refractivity contribution is -0.148. The summed E-state index contributed by atoms with van der Waals surface area (Å²) in [6, 6.07) is -0.509. The zero-order valence-corrected chi connectivity index (χ0v) is 18.4. The Balaban J connectivity index is 0.000000567. The molecule has 0 bridgehead atoms. The molecule has 0 aromatic heterocycles. The summed E-state index contributed by atoms with van der Waals surface area (Å²) >= 11 is 0. The van der Waals surface area contributed by atoms with Crippen molar-refractivity contribution in [2.24, 2.45) is 0 Å². The van der Waals surface area contributed by atoms with Crippen LogP contribution < -0.4 is 5.32 Å². The first-order valence-electron chi connectivity index (χ1n) is 9.75. The van der Waals surface area contributed by atoms with Crippen molar-refractivity contribution in [2.75, 3.05) is 26.3 Å². The van der Waals surface area contributed by atoms with Gasteiger partial charge in [0.25, 0.3) is 0 Å². The van der Waals surface area contributed by atoms with E-state index in [0.29, 0.717) is 26.2 Å². The number of esters is 2. The molecule has 164 valence electrons. The van der Waals surface area contributed by atoms with Crippen molar-refractivity contribution >= 4 is 30.4 Å². The van der Waals surface area contributed by atoms with Gasteiger partial charge in [0, 0.05) is 6.54 Å². The zero-order chi connectivity index (χ0) is 20.4. The van der Waals surface area contributed by atoms with Crippen molar-refractivity contribution in [3.05, 3.63) is 0 Å². The highest BCUT2D eigenvalue weighted by Gasteiger charge is 2.37. The fourth-order valence-electron chi connectivity index (χ4n) is 2.92. The number of carbonyl (C=O) groups excluding carboxylic acids is 3. The molecule has 8 nitrogen and oxygen atoms in total. The Hall–Kier alpha value is -1.54. The third-order valence-corrected chi connectivity index (χ3v) is 4.07. The predicted molar refractivity (Wildman–Crippen MR) is 108 cm³/mol. The molecule has 0 saturated carbocycles. The van der Waals surface area contributed by atoms with Crippen molar-refractivity contribution in [1.82, 2.24) is 10.2 Å². The topological polar surface area (TPSA) is 94.2 Å². The van der Waals surface area contributed by atoms with Crippen LogP contribution >= 0.6 is 12.4 Å². The number of hydrogen-bond acceptors (Lipinski definition) is 7. The molecule has 2 aliphatic rings. The second-order valence-corrected chi connectivity index (χ2v) is 7.48. The second-order valence-electron chi connectivity index (χ2n) is 7.48. The minimum absolute atomic E-state index is 0. The second kappa shape index (κ2) is 12.8. The van der Waals surface area contributed by atoms with Crippen LogP contribution in [0.15, 0.2) is 0 Å². The Labute approximate surface area is 174 Å². The van der Waals surface area contributed by atoms with Crippen LogP contribution in [-0.2, 0) is 23.8 Å². The minimum atomic E-state index is -0.543. The monoisotopic (exact) mass is 422 g/mol. The summed E-state index contributed by atoms with van der Waals surface area (Å²) in [6.07, 6.45) is 3.04. The van der Waals surface area contributed by atoms with Gasteiger partial charge in [-0.1, -0.05) is 0 Å². The lowest BCUT2D eigenvalue weighted by atomic mass is 10.2. The normalized spacial score (nSPS) is 21.1. The Morgan fingerprint density at radius 2 is 1.61 bits per heavy atom. The fourth-order valence-corrected chi connectivity index (χ4v) is 2.92. The van der Waals surface area contributed by atoms with E-state index in [1.54, 1.807) is 27.7 Å². The highest BCUT2D eigenvalue weighted by molar-refractivity contribution is 5.85. The summed E-state index contributed by atoms with van der Waals surface area (Å²) in [5.74, 6) is -0.434. The molecule has 0 aromatic rings. The third kappa shape index (κ3) is 9.10. The number of amides is 1. The molecular weight excluding hydrogens is 388 g/mol. The van der Waals surface area contributed by atoms with E-state index in [9.17, 15) is 14.4 Å². The number of carbonyl (C=O) groups is 3. The Morgan fingerprint density at radius 1 is 1.00 bits per heavy atom. The molecule has 0 spiro atoms. The van der Waals surface area contributed by atoms with E-state index in [4.69, 9.17) is 14.2 Å². The molecule has 2 atom stereocenters. The average molecular weight is 423 g/mol. The first-order valence-corrected chi connectivity index (χ1v) is 9.75. The van der Waals surface area contributed by atoms with Crippen LogP contribution in [0.4, 0.5) is 4.79 Å². The van der Waals surface area contributed by atoms with Crippen molar-refractivity contribution in [3.63, 3.8) is 0 Å². The van der Waals surface area contributed by atoms with E-state index in [0.717, 1.165) is 25.8 Å². The number of hydrogen-bond donors (Lipinski definition) is 1. The first-order chi connectivity index (χ1) is 12.7. The number of nitrogens with zero attached hydrogens (tertiary/aromatic N) is 1. The van der Waals surface area contributed by atoms with Crippen LogP contribution in [0.1, 0.15) is 60.3 Å². The average Bonchev–Trinajstić information content (AvgIpc) is 3.26. The van der Waals surface area contributed by atoms with E-state index < -0.39 is 17.7 Å². The summed E-state index contributed by atoms with van der Waals surface area (Å²) in [5.41, 5.74) is -0.543. The number of likely N-dealkylation sites (tertiary alicyclic amines) is 1. The Morgan fingerprint density at radius 3 is 2.11 bits per heavy atom. The molecule has 2 saturated heterocycles. The highest BCUT2D eigenvalue weighted by atomic mass is 35.5. The molecule has 9 heteroatoms. The van der Waals surface area contributed by atoms with Crippen LogP contribution in [0.2, 0.25) is 0 Å². The van der Waals surface area contributed by atoms with Crippen LogP contribution in [0.5, 0.6) is 0 Å². The van der Waals surface area contributed by atoms with Crippen LogP contribution in [0.3, 0.4) is 0 Å². The molecule has 0 unspecified atom stereocenters. The fraction of sp³-hybridized carbons (Fsp3) is 0.842. The Bertz CT molecular complexity index is 503. The molecule has 0 aromatic carbocycles. The first kappa shape index (κ1) is 26.5. The standard InChI is InChI=1S/C12H21NO4.C7H13NO2.ClH/c1-5-16-10(14)9-7-6-8-13(9)11(15)17-12(2,3)4;1-2-10-7(9)6-4-3-5-8-6;/h9H,5-8H2,1-4H3;6,8H,2-5H2,1H3;1H/t9-;6-;/m00./s1. The molecule has 1 N–H and O–H groups in total. The minimum Gasteiger partial charge on any atom is -0.465 e. The van der Waals surface area contributed by atoms with Gasteiger partial charge in [-0.05, 0) is 66.8 Å². The number of halogens is 1. The molecule has 1 amide bonds. The molecule has 0 radical (unpaired) electrons. The summed E-state index contributed by atoms with van der Waals surface area (Å²) in [6.45, 7) is 11.3. The maximum atomic E-state index is 11.9. The van der Waals surface area contributed by atoms with Crippen molar-refractivity contribution in [1.29, 1.82) is 0 Å². The van der Waals surface area contributed by atoms with Gasteiger partial charge < -0.3 is 19.5 Å². The Kier molecular flexibility index (Phi) is 12.1. The van der Waals surface area contributed by atoms with Crippen molar-refractivity contribution in [3.8, 4) is 0 Å². The van der Waals surface area contributed by atoms with Crippen LogP contribution in [0, 0.1) is 0 Å². The lowest BCUT2D eigenvalue weighted by Crippen LogP contribution is -2.44. The van der Waals surface area contributed by atoms with E-state index in [1.807, 2.05) is 6.92 Å². The number of rotatable bonds is 4. The van der Waals surface area contributed by atoms with Gasteiger partial charge >= 0.3 is 18.0 Å². The van der Waals surface area contributed by atoms with Gasteiger partial charge in [0.15, 0.2) is 0 Å². The van der Waals surface area contributed by atoms with Gasteiger partial charge in [-0.15, -0.1) is 12.4 Å². The summed E-state index contributed by atoms with van der Waals surface area (Å²) in [4.78, 5) is 36.0. The molecule has 0 aliphatic carbocycles. The van der Waals surface area contributed by atoms with Crippen molar-refractivity contribution < 1.29 is 28.6 Å². The third-order valence-electron chi connectivity index (χ3n) is 4.07. The van der Waals surface area contributed by atoms with E-state index in [2.05, 4.69) is 5.32 Å². The molecule has 2 rings (SSSR count). The van der Waals surface area contributed by atoms with Crippen LogP contribution in [-0.4, -0.2) is 66.9 Å². The number of nitrogens with one attached hydrogen (secondary N) is 1. The largest absolute Gasteiger partial charge is 0.465 e. The summed E-state index contributed by atoms with van der Waals surface area (Å²) < 4.78 is 15.0. The number of ether oxygens (including phenoxy) is 3. The molecule has 28 heavy (non-hydrogen) atoms. The van der Waals surface area contributed by atoms with Gasteiger partial charge in [-0.3, -0.25) is 9.69 Å². The predicted octanol–water partition coefficient (Wildman–Crippen LogP) is 2.67. The smallest absolute Gasteiger partial charge is 0.411 e. The molecule has 2 aliphatic heterocycles. The maximum Gasteiger partial charge on any atom is 0.411 e. The molecule has 2 fully saturated rings. The highest BCUT2D eigenvalue weighted by Crippen LogP contribution is 2.21. The van der Waals surface area contributed by atoms with E-state index in [1.165, 1.54) is 4.90 Å². The lowest BCUT2D eigenvalue weighted by Gasteiger charge is -2.27.